The van der Waals surface area contributed by atoms with Crippen LogP contribution in [0.25, 0.3) is 0 Å². The lowest BCUT2D eigenvalue weighted by Gasteiger charge is -2.11. The van der Waals surface area contributed by atoms with Gasteiger partial charge in [-0.1, -0.05) is 22.9 Å². The second kappa shape index (κ2) is 6.58. The van der Waals surface area contributed by atoms with Gasteiger partial charge in [0.2, 0.25) is 0 Å². The van der Waals surface area contributed by atoms with Gasteiger partial charge in [-0.05, 0) is 25.1 Å². The van der Waals surface area contributed by atoms with E-state index in [1.807, 2.05) is 6.92 Å². The second-order valence-electron chi connectivity index (χ2n) is 4.08. The number of aromatic amines is 1. The summed E-state index contributed by atoms with van der Waals surface area (Å²) < 4.78 is 0. The Bertz CT molecular complexity index is 666. The van der Waals surface area contributed by atoms with Crippen LogP contribution in [0.1, 0.15) is 23.0 Å². The lowest BCUT2D eigenvalue weighted by molar-refractivity contribution is 0.0951. The molecular weight excluding hydrogens is 298 g/mol. The number of hydrogen-bond acceptors (Lipinski definition) is 4. The number of aromatic nitrogens is 1. The lowest BCUT2D eigenvalue weighted by Crippen LogP contribution is -2.24. The number of rotatable bonds is 5. The number of benzene rings is 1. The Kier molecular flexibility index (Phi) is 4.81. The smallest absolute Gasteiger partial charge is 0.304 e. The molecule has 0 saturated carbocycles. The first kappa shape index (κ1) is 14.6. The Morgan fingerprint density at radius 3 is 2.90 bits per heavy atom. The zero-order valence-electron chi connectivity index (χ0n) is 10.8. The molecule has 0 unspecified atom stereocenters. The fourth-order valence-electron chi connectivity index (χ4n) is 1.72. The summed E-state index contributed by atoms with van der Waals surface area (Å²) in [6.07, 6.45) is 0. The maximum atomic E-state index is 12.2. The van der Waals surface area contributed by atoms with Gasteiger partial charge in [-0.2, -0.15) is 0 Å². The van der Waals surface area contributed by atoms with Crippen LogP contribution < -0.4 is 15.5 Å². The van der Waals surface area contributed by atoms with Crippen molar-refractivity contribution in [2.45, 2.75) is 13.5 Å². The van der Waals surface area contributed by atoms with Crippen LogP contribution in [0.4, 0.5) is 5.69 Å². The summed E-state index contributed by atoms with van der Waals surface area (Å²) in [5.74, 6) is -0.240. The highest BCUT2D eigenvalue weighted by molar-refractivity contribution is 7.07. The van der Waals surface area contributed by atoms with Gasteiger partial charge >= 0.3 is 4.87 Å². The van der Waals surface area contributed by atoms with Crippen molar-refractivity contribution in [1.29, 1.82) is 0 Å². The lowest BCUT2D eigenvalue weighted by atomic mass is 10.1. The molecule has 0 radical (unpaired) electrons. The van der Waals surface area contributed by atoms with E-state index in [2.05, 4.69) is 15.6 Å². The van der Waals surface area contributed by atoms with Gasteiger partial charge in [0.15, 0.2) is 0 Å². The summed E-state index contributed by atoms with van der Waals surface area (Å²) in [6, 6.07) is 5.12. The number of thiazole rings is 1. The third-order valence-electron chi connectivity index (χ3n) is 2.60. The van der Waals surface area contributed by atoms with Crippen LogP contribution >= 0.6 is 22.9 Å². The van der Waals surface area contributed by atoms with Gasteiger partial charge in [0.25, 0.3) is 5.91 Å². The maximum absolute atomic E-state index is 12.2. The molecule has 20 heavy (non-hydrogen) atoms. The summed E-state index contributed by atoms with van der Waals surface area (Å²) in [5, 5.41) is 8.05. The van der Waals surface area contributed by atoms with Crippen molar-refractivity contribution in [1.82, 2.24) is 10.3 Å². The van der Waals surface area contributed by atoms with E-state index in [-0.39, 0.29) is 17.3 Å². The van der Waals surface area contributed by atoms with Gasteiger partial charge in [0.05, 0.1) is 12.1 Å². The Morgan fingerprint density at radius 2 is 2.25 bits per heavy atom. The van der Waals surface area contributed by atoms with Crippen molar-refractivity contribution in [3.63, 3.8) is 0 Å². The topological polar surface area (TPSA) is 74.0 Å². The molecule has 1 heterocycles. The summed E-state index contributed by atoms with van der Waals surface area (Å²) >= 11 is 7.00. The Labute approximate surface area is 125 Å². The fourth-order valence-corrected chi connectivity index (χ4v) is 2.47. The van der Waals surface area contributed by atoms with E-state index in [1.165, 1.54) is 0 Å². The van der Waals surface area contributed by atoms with Gasteiger partial charge < -0.3 is 15.6 Å². The zero-order chi connectivity index (χ0) is 14.5. The summed E-state index contributed by atoms with van der Waals surface area (Å²) in [5.41, 5.74) is 1.89. The number of anilines is 1. The highest BCUT2D eigenvalue weighted by atomic mass is 35.5. The Balaban J connectivity index is 2.11. The molecule has 2 aromatic rings. The molecule has 106 valence electrons. The largest absolute Gasteiger partial charge is 0.385 e. The van der Waals surface area contributed by atoms with Crippen molar-refractivity contribution in [3.8, 4) is 0 Å². The number of carbonyl (C=O) groups excluding carboxylic acids is 1. The Morgan fingerprint density at radius 1 is 1.45 bits per heavy atom. The predicted octanol–water partition coefficient (Wildman–Crippen LogP) is 2.45. The molecule has 0 saturated heterocycles. The number of amides is 1. The number of halogens is 1. The van der Waals surface area contributed by atoms with Crippen LogP contribution in [-0.4, -0.2) is 17.4 Å². The van der Waals surface area contributed by atoms with Crippen molar-refractivity contribution < 1.29 is 4.79 Å². The molecule has 0 aliphatic heterocycles. The minimum absolute atomic E-state index is 0.134. The number of H-pyrrole nitrogens is 1. The molecule has 0 spiro atoms. The molecule has 3 N–H and O–H groups in total. The molecular formula is C13H14ClN3O2S. The van der Waals surface area contributed by atoms with Gasteiger partial charge in [-0.15, -0.1) is 0 Å². The molecule has 2 rings (SSSR count). The van der Waals surface area contributed by atoms with E-state index in [4.69, 9.17) is 11.6 Å². The Hall–Kier alpha value is -1.79. The van der Waals surface area contributed by atoms with E-state index in [1.54, 1.807) is 23.6 Å². The molecule has 1 aromatic carbocycles. The summed E-state index contributed by atoms with van der Waals surface area (Å²) in [4.78, 5) is 25.7. The molecule has 1 amide bonds. The van der Waals surface area contributed by atoms with Crippen LogP contribution in [0.3, 0.4) is 0 Å². The van der Waals surface area contributed by atoms with Gasteiger partial charge in [-0.25, -0.2) is 0 Å². The van der Waals surface area contributed by atoms with Crippen LogP contribution in [-0.2, 0) is 6.54 Å². The van der Waals surface area contributed by atoms with Crippen LogP contribution in [0, 0.1) is 0 Å². The molecule has 0 aliphatic rings. The molecule has 0 fully saturated rings. The zero-order valence-corrected chi connectivity index (χ0v) is 12.4. The van der Waals surface area contributed by atoms with Crippen LogP contribution in [0.5, 0.6) is 0 Å². The standard InChI is InChI=1S/C13H14ClN3O2S/c1-2-15-11-4-3-8(14)5-10(11)12(18)16-6-9-7-20-13(19)17-9/h3-5,7,15H,2,6H2,1H3,(H,16,18)(H,17,19). The van der Waals surface area contributed by atoms with Gasteiger partial charge in [0.1, 0.15) is 0 Å². The van der Waals surface area contributed by atoms with E-state index < -0.39 is 0 Å². The number of carbonyl (C=O) groups is 1. The maximum Gasteiger partial charge on any atom is 0.304 e. The minimum Gasteiger partial charge on any atom is -0.385 e. The van der Waals surface area contributed by atoms with E-state index >= 15 is 0 Å². The van der Waals surface area contributed by atoms with E-state index in [0.29, 0.717) is 22.8 Å². The van der Waals surface area contributed by atoms with Crippen LogP contribution in [0.15, 0.2) is 28.4 Å². The average molecular weight is 312 g/mol. The quantitative estimate of drug-likeness (QED) is 0.794. The molecule has 0 bridgehead atoms. The second-order valence-corrected chi connectivity index (χ2v) is 5.35. The van der Waals surface area contributed by atoms with Crippen molar-refractivity contribution in [2.75, 3.05) is 11.9 Å². The molecule has 5 nitrogen and oxygen atoms in total. The monoisotopic (exact) mass is 311 g/mol. The van der Waals surface area contributed by atoms with Crippen molar-refractivity contribution in [3.05, 3.63) is 49.5 Å². The third kappa shape index (κ3) is 3.61. The van der Waals surface area contributed by atoms with E-state index in [9.17, 15) is 9.59 Å². The minimum atomic E-state index is -0.240. The van der Waals surface area contributed by atoms with Gasteiger partial charge in [-0.3, -0.25) is 9.59 Å². The van der Waals surface area contributed by atoms with Crippen molar-refractivity contribution >= 4 is 34.5 Å². The number of nitrogens with one attached hydrogen (secondary N) is 3. The molecule has 0 atom stereocenters. The first-order valence-electron chi connectivity index (χ1n) is 6.08. The first-order valence-corrected chi connectivity index (χ1v) is 7.34. The highest BCUT2D eigenvalue weighted by Crippen LogP contribution is 2.20. The summed E-state index contributed by atoms with van der Waals surface area (Å²) in [6.45, 7) is 2.93. The molecule has 7 heteroatoms. The highest BCUT2D eigenvalue weighted by Gasteiger charge is 2.12. The predicted molar refractivity (Wildman–Crippen MR) is 81.7 cm³/mol. The van der Waals surface area contributed by atoms with Crippen molar-refractivity contribution in [2.24, 2.45) is 0 Å². The molecule has 1 aromatic heterocycles. The fraction of sp³-hybridized carbons (Fsp3) is 0.231. The number of hydrogen-bond donors (Lipinski definition) is 3. The first-order chi connectivity index (χ1) is 9.60. The molecule has 0 aliphatic carbocycles. The SMILES string of the molecule is CCNc1ccc(Cl)cc1C(=O)NCc1csc(=O)[nH]1. The third-order valence-corrected chi connectivity index (χ3v) is 3.56. The van der Waals surface area contributed by atoms with E-state index in [0.717, 1.165) is 17.0 Å². The van der Waals surface area contributed by atoms with Gasteiger partial charge in [0, 0.05) is 28.3 Å². The summed E-state index contributed by atoms with van der Waals surface area (Å²) in [7, 11) is 0. The average Bonchev–Trinajstić information content (AvgIpc) is 2.84. The normalized spacial score (nSPS) is 10.3. The van der Waals surface area contributed by atoms with Crippen LogP contribution in [0.2, 0.25) is 5.02 Å².